The molecular weight excluding hydrogens is 551 g/mol. The van der Waals surface area contributed by atoms with Crippen molar-refractivity contribution in [2.75, 3.05) is 43.4 Å². The molecule has 6 heterocycles. The number of nitrogens with two attached hydrogens (primary N) is 1. The first-order chi connectivity index (χ1) is 19.9. The Labute approximate surface area is 238 Å². The standard InChI is InChI=1S/C29H30F3N7OS/c30-15-10-29(8-1-9-39(29)11-15)14-40-28-36-23-20(26(37-28)38-12-16-2-3-17(13-38)34-16)5-4-18(22(23)32)19-6-7-21(31)25-24(19)35-27(33)41-25/h4-7,15-17,34H,1-3,8-14H2,(H2,33,35). The van der Waals surface area contributed by atoms with Crippen LogP contribution in [0.5, 0.6) is 6.01 Å². The van der Waals surface area contributed by atoms with Crippen LogP contribution in [0.25, 0.3) is 32.2 Å². The Balaban J connectivity index is 1.24. The zero-order valence-electron chi connectivity index (χ0n) is 22.4. The number of aromatic nitrogens is 3. The van der Waals surface area contributed by atoms with Gasteiger partial charge in [0.25, 0.3) is 0 Å². The summed E-state index contributed by atoms with van der Waals surface area (Å²) in [5, 5.41) is 4.43. The quantitative estimate of drug-likeness (QED) is 0.352. The number of nitrogens with zero attached hydrogens (tertiary/aromatic N) is 5. The third-order valence-corrected chi connectivity index (χ3v) is 10.2. The highest BCUT2D eigenvalue weighted by atomic mass is 32.1. The third-order valence-electron chi connectivity index (χ3n) is 9.32. The zero-order chi connectivity index (χ0) is 27.9. The molecule has 2 aromatic heterocycles. The number of halogens is 3. The minimum absolute atomic E-state index is 0.0834. The average Bonchev–Trinajstić information content (AvgIpc) is 3.70. The van der Waals surface area contributed by atoms with Gasteiger partial charge in [0, 0.05) is 54.7 Å². The molecule has 8 rings (SSSR count). The molecule has 214 valence electrons. The number of hydrogen-bond donors (Lipinski definition) is 2. The Morgan fingerprint density at radius 1 is 1.02 bits per heavy atom. The predicted molar refractivity (Wildman–Crippen MR) is 153 cm³/mol. The fraction of sp³-hybridized carbons (Fsp3) is 0.483. The van der Waals surface area contributed by atoms with Gasteiger partial charge in [-0.25, -0.2) is 18.2 Å². The first kappa shape index (κ1) is 25.5. The van der Waals surface area contributed by atoms with Crippen molar-refractivity contribution < 1.29 is 17.9 Å². The highest BCUT2D eigenvalue weighted by molar-refractivity contribution is 7.22. The number of nitrogen functional groups attached to an aromatic ring is 1. The van der Waals surface area contributed by atoms with Crippen molar-refractivity contribution in [3.05, 3.63) is 35.9 Å². The number of thiazole rings is 1. The molecule has 4 atom stereocenters. The molecule has 2 bridgehead atoms. The maximum absolute atomic E-state index is 16.5. The number of fused-ring (bicyclic) bond motifs is 5. The molecule has 12 heteroatoms. The van der Waals surface area contributed by atoms with Crippen molar-refractivity contribution in [1.29, 1.82) is 0 Å². The van der Waals surface area contributed by atoms with Crippen LogP contribution in [0.4, 0.5) is 24.1 Å². The van der Waals surface area contributed by atoms with Gasteiger partial charge in [-0.05, 0) is 50.4 Å². The Kier molecular flexibility index (Phi) is 5.84. The molecule has 0 saturated carbocycles. The molecular formula is C29H30F3N7OS. The normalized spacial score (nSPS) is 27.8. The summed E-state index contributed by atoms with van der Waals surface area (Å²) in [6.07, 6.45) is 3.57. The van der Waals surface area contributed by atoms with Crippen LogP contribution in [0.1, 0.15) is 32.1 Å². The maximum atomic E-state index is 16.5. The van der Waals surface area contributed by atoms with Gasteiger partial charge in [0.15, 0.2) is 10.9 Å². The van der Waals surface area contributed by atoms with Crippen molar-refractivity contribution in [1.82, 2.24) is 25.2 Å². The van der Waals surface area contributed by atoms with E-state index >= 15 is 4.39 Å². The molecule has 0 amide bonds. The van der Waals surface area contributed by atoms with Gasteiger partial charge in [-0.2, -0.15) is 9.97 Å². The SMILES string of the molecule is Nc1nc2c(-c3ccc4c(N5CC6CCC(C5)N6)nc(OCC56CCCN5CC(F)C6)nc4c3F)ccc(F)c2s1. The number of rotatable bonds is 5. The van der Waals surface area contributed by atoms with Gasteiger partial charge in [0.2, 0.25) is 0 Å². The second-order valence-corrected chi connectivity index (χ2v) is 12.9. The van der Waals surface area contributed by atoms with Crippen LogP contribution in [-0.4, -0.2) is 76.4 Å². The maximum Gasteiger partial charge on any atom is 0.319 e. The number of alkyl halides is 1. The van der Waals surface area contributed by atoms with E-state index in [-0.39, 0.29) is 39.1 Å². The second-order valence-electron chi connectivity index (χ2n) is 11.9. The minimum Gasteiger partial charge on any atom is -0.461 e. The van der Waals surface area contributed by atoms with E-state index in [4.69, 9.17) is 15.5 Å². The molecule has 4 aliphatic heterocycles. The first-order valence-electron chi connectivity index (χ1n) is 14.2. The fourth-order valence-electron chi connectivity index (χ4n) is 7.47. The Morgan fingerprint density at radius 3 is 2.66 bits per heavy atom. The smallest absolute Gasteiger partial charge is 0.319 e. The van der Waals surface area contributed by atoms with E-state index in [1.807, 2.05) is 6.07 Å². The zero-order valence-corrected chi connectivity index (χ0v) is 23.2. The van der Waals surface area contributed by atoms with Crippen LogP contribution in [0.2, 0.25) is 0 Å². The molecule has 8 nitrogen and oxygen atoms in total. The van der Waals surface area contributed by atoms with Crippen molar-refractivity contribution in [3.63, 3.8) is 0 Å². The summed E-state index contributed by atoms with van der Waals surface area (Å²) >= 11 is 1.03. The van der Waals surface area contributed by atoms with E-state index in [2.05, 4.69) is 25.1 Å². The lowest BCUT2D eigenvalue weighted by Gasteiger charge is -2.34. The molecule has 0 aliphatic carbocycles. The van der Waals surface area contributed by atoms with E-state index in [9.17, 15) is 8.78 Å². The Bertz CT molecular complexity index is 1670. The van der Waals surface area contributed by atoms with Crippen molar-refractivity contribution in [3.8, 4) is 17.1 Å². The van der Waals surface area contributed by atoms with Crippen LogP contribution < -0.4 is 20.7 Å². The van der Waals surface area contributed by atoms with Crippen molar-refractivity contribution in [2.45, 2.75) is 55.9 Å². The lowest BCUT2D eigenvalue weighted by Crippen LogP contribution is -2.51. The summed E-state index contributed by atoms with van der Waals surface area (Å²) in [4.78, 5) is 18.1. The number of benzene rings is 2. The summed E-state index contributed by atoms with van der Waals surface area (Å²) in [6.45, 7) is 3.03. The molecule has 2 aromatic carbocycles. The topological polar surface area (TPSA) is 92.4 Å². The largest absolute Gasteiger partial charge is 0.461 e. The monoisotopic (exact) mass is 581 g/mol. The minimum atomic E-state index is -0.879. The van der Waals surface area contributed by atoms with Gasteiger partial charge in [-0.15, -0.1) is 0 Å². The number of hydrogen-bond acceptors (Lipinski definition) is 9. The third kappa shape index (κ3) is 4.13. The van der Waals surface area contributed by atoms with Crippen LogP contribution in [0, 0.1) is 11.6 Å². The summed E-state index contributed by atoms with van der Waals surface area (Å²) < 4.78 is 51.9. The number of piperazine rings is 1. The molecule has 4 fully saturated rings. The lowest BCUT2D eigenvalue weighted by atomic mass is 9.95. The highest BCUT2D eigenvalue weighted by Crippen LogP contribution is 2.42. The van der Waals surface area contributed by atoms with E-state index < -0.39 is 17.8 Å². The second kappa shape index (κ2) is 9.40. The van der Waals surface area contributed by atoms with E-state index in [1.165, 1.54) is 12.1 Å². The Morgan fingerprint density at radius 2 is 1.83 bits per heavy atom. The van der Waals surface area contributed by atoms with Gasteiger partial charge in [-0.3, -0.25) is 4.90 Å². The van der Waals surface area contributed by atoms with Crippen LogP contribution in [0.15, 0.2) is 24.3 Å². The van der Waals surface area contributed by atoms with Crippen LogP contribution >= 0.6 is 11.3 Å². The van der Waals surface area contributed by atoms with E-state index in [0.717, 1.165) is 56.7 Å². The van der Waals surface area contributed by atoms with Crippen molar-refractivity contribution >= 4 is 43.4 Å². The van der Waals surface area contributed by atoms with Gasteiger partial charge in [0.05, 0.1) is 15.8 Å². The molecule has 0 spiro atoms. The molecule has 4 aromatic rings. The summed E-state index contributed by atoms with van der Waals surface area (Å²) in [7, 11) is 0. The Hall–Kier alpha value is -3.22. The molecule has 0 radical (unpaired) electrons. The van der Waals surface area contributed by atoms with Gasteiger partial charge >= 0.3 is 6.01 Å². The van der Waals surface area contributed by atoms with Gasteiger partial charge < -0.3 is 20.7 Å². The number of anilines is 2. The van der Waals surface area contributed by atoms with Gasteiger partial charge in [-0.1, -0.05) is 17.4 Å². The summed E-state index contributed by atoms with van der Waals surface area (Å²) in [6, 6.07) is 7.11. The predicted octanol–water partition coefficient (Wildman–Crippen LogP) is 4.66. The average molecular weight is 582 g/mol. The van der Waals surface area contributed by atoms with E-state index in [0.29, 0.717) is 47.3 Å². The van der Waals surface area contributed by atoms with Crippen molar-refractivity contribution in [2.24, 2.45) is 0 Å². The molecule has 41 heavy (non-hydrogen) atoms. The summed E-state index contributed by atoms with van der Waals surface area (Å²) in [5.74, 6) is -0.374. The first-order valence-corrected chi connectivity index (χ1v) is 15.1. The van der Waals surface area contributed by atoms with Gasteiger partial charge in [0.1, 0.15) is 29.9 Å². The molecule has 4 unspecified atom stereocenters. The summed E-state index contributed by atoms with van der Waals surface area (Å²) in [5.41, 5.74) is 6.65. The molecule has 3 N–H and O–H groups in total. The fourth-order valence-corrected chi connectivity index (χ4v) is 8.23. The lowest BCUT2D eigenvalue weighted by molar-refractivity contribution is 0.107. The van der Waals surface area contributed by atoms with Crippen LogP contribution in [-0.2, 0) is 0 Å². The van der Waals surface area contributed by atoms with E-state index in [1.54, 1.807) is 6.07 Å². The number of ether oxygens (including phenoxy) is 1. The molecule has 4 aliphatic rings. The highest BCUT2D eigenvalue weighted by Gasteiger charge is 2.49. The molecule has 4 saturated heterocycles. The van der Waals surface area contributed by atoms with Crippen LogP contribution in [0.3, 0.4) is 0 Å². The number of nitrogens with one attached hydrogen (secondary N) is 1.